The second-order valence-electron chi connectivity index (χ2n) is 10.4. The Hall–Kier alpha value is -4.05. The lowest BCUT2D eigenvalue weighted by Gasteiger charge is -2.19. The number of aromatic hydroxyl groups is 1. The first-order valence-corrected chi connectivity index (χ1v) is 12.3. The average Bonchev–Trinajstić information content (AvgIpc) is 3.14. The van der Waals surface area contributed by atoms with Gasteiger partial charge in [-0.25, -0.2) is 4.79 Å². The van der Waals surface area contributed by atoms with Crippen LogP contribution in [0.1, 0.15) is 53.5 Å². The second kappa shape index (κ2) is 9.19. The normalized spacial score (nSPS) is 11.8. The average molecular weight is 478 g/mol. The Labute approximate surface area is 211 Å². The van der Waals surface area contributed by atoms with Crippen LogP contribution in [0.2, 0.25) is 0 Å². The van der Waals surface area contributed by atoms with Crippen LogP contribution in [0.15, 0.2) is 84.9 Å². The third kappa shape index (κ3) is 4.35. The summed E-state index contributed by atoms with van der Waals surface area (Å²) in [5.74, 6) is -0.236. The van der Waals surface area contributed by atoms with Crippen molar-refractivity contribution in [3.05, 3.63) is 113 Å². The van der Waals surface area contributed by atoms with Crippen molar-refractivity contribution in [3.8, 4) is 5.75 Å². The number of nitrogens with zero attached hydrogens (tertiary/aromatic N) is 1. The molecule has 0 saturated heterocycles. The van der Waals surface area contributed by atoms with Crippen molar-refractivity contribution >= 4 is 27.6 Å². The number of carbonyl (C=O) groups excluding carboxylic acids is 1. The Morgan fingerprint density at radius 1 is 0.833 bits per heavy atom. The van der Waals surface area contributed by atoms with Gasteiger partial charge >= 0.3 is 5.97 Å². The van der Waals surface area contributed by atoms with Gasteiger partial charge in [-0.3, -0.25) is 0 Å². The highest BCUT2D eigenvalue weighted by Gasteiger charge is 2.24. The Kier molecular flexibility index (Phi) is 6.05. The Bertz CT molecular complexity index is 1560. The summed E-state index contributed by atoms with van der Waals surface area (Å²) in [5.41, 5.74) is 5.67. The van der Waals surface area contributed by atoms with Crippen molar-refractivity contribution in [2.75, 3.05) is 0 Å². The molecule has 0 spiro atoms. The highest BCUT2D eigenvalue weighted by molar-refractivity contribution is 6.16. The van der Waals surface area contributed by atoms with Crippen LogP contribution in [0.25, 0.3) is 21.7 Å². The summed E-state index contributed by atoms with van der Waals surface area (Å²) in [6.07, 6.45) is 0. The quantitative estimate of drug-likeness (QED) is 0.267. The first kappa shape index (κ1) is 23.7. The lowest BCUT2D eigenvalue weighted by atomic mass is 9.87. The second-order valence-corrected chi connectivity index (χ2v) is 10.4. The highest BCUT2D eigenvalue weighted by atomic mass is 16.5. The minimum atomic E-state index is -0.391. The number of ether oxygens (including phenoxy) is 1. The number of phenolic OH excluding ortho intramolecular Hbond substituents is 1. The maximum Gasteiger partial charge on any atom is 0.340 e. The molecule has 0 radical (unpaired) electrons. The molecule has 4 heteroatoms. The van der Waals surface area contributed by atoms with Crippen molar-refractivity contribution in [2.24, 2.45) is 0 Å². The van der Waals surface area contributed by atoms with Crippen LogP contribution >= 0.6 is 0 Å². The molecule has 0 aliphatic rings. The maximum atomic E-state index is 13.4. The van der Waals surface area contributed by atoms with Gasteiger partial charge in [0.05, 0.1) is 11.1 Å². The summed E-state index contributed by atoms with van der Waals surface area (Å²) in [6.45, 7) is 9.37. The van der Waals surface area contributed by atoms with Crippen molar-refractivity contribution in [1.29, 1.82) is 0 Å². The molecule has 0 fully saturated rings. The molecule has 0 unspecified atom stereocenters. The van der Waals surface area contributed by atoms with E-state index >= 15 is 0 Å². The Morgan fingerprint density at radius 2 is 1.47 bits per heavy atom. The first-order chi connectivity index (χ1) is 17.2. The highest BCUT2D eigenvalue weighted by Crippen LogP contribution is 2.38. The zero-order valence-electron chi connectivity index (χ0n) is 21.2. The number of carbonyl (C=O) groups is 1. The van der Waals surface area contributed by atoms with Crippen molar-refractivity contribution in [1.82, 2.24) is 4.57 Å². The number of benzene rings is 4. The molecule has 0 saturated carbocycles. The monoisotopic (exact) mass is 477 g/mol. The van der Waals surface area contributed by atoms with Crippen LogP contribution in [-0.2, 0) is 23.3 Å². The Balaban J connectivity index is 1.62. The molecular weight excluding hydrogens is 446 g/mol. The third-order valence-corrected chi connectivity index (χ3v) is 6.88. The SMILES string of the molecule is Cc1c(C(=O)OCc2ccccc2)c2cc(O)c3ccccc3c2n1Cc1ccc(C(C)(C)C)cc1. The van der Waals surface area contributed by atoms with Crippen molar-refractivity contribution in [3.63, 3.8) is 0 Å². The number of esters is 1. The van der Waals surface area contributed by atoms with Gasteiger partial charge in [-0.2, -0.15) is 0 Å². The van der Waals surface area contributed by atoms with E-state index in [2.05, 4.69) is 49.6 Å². The van der Waals surface area contributed by atoms with Crippen LogP contribution in [0.4, 0.5) is 0 Å². The van der Waals surface area contributed by atoms with E-state index < -0.39 is 5.97 Å². The van der Waals surface area contributed by atoms with Crippen LogP contribution < -0.4 is 0 Å². The summed E-state index contributed by atoms with van der Waals surface area (Å²) >= 11 is 0. The molecule has 5 aromatic rings. The van der Waals surface area contributed by atoms with E-state index in [4.69, 9.17) is 4.74 Å². The summed E-state index contributed by atoms with van der Waals surface area (Å²) in [4.78, 5) is 13.4. The number of hydrogen-bond acceptors (Lipinski definition) is 3. The summed E-state index contributed by atoms with van der Waals surface area (Å²) < 4.78 is 7.91. The number of hydrogen-bond donors (Lipinski definition) is 1. The standard InChI is InChI=1S/C32H31NO3/c1-21-29(31(35)36-20-23-10-6-5-7-11-23)27-18-28(34)25-12-8-9-13-26(25)30(27)33(21)19-22-14-16-24(17-15-22)32(2,3)4/h5-18,34H,19-20H2,1-4H3. The van der Waals surface area contributed by atoms with Gasteiger partial charge in [0, 0.05) is 28.4 Å². The fourth-order valence-electron chi connectivity index (χ4n) is 4.86. The van der Waals surface area contributed by atoms with Gasteiger partial charge in [-0.15, -0.1) is 0 Å². The zero-order chi connectivity index (χ0) is 25.4. The molecule has 5 rings (SSSR count). The van der Waals surface area contributed by atoms with Crippen LogP contribution in [0, 0.1) is 6.92 Å². The van der Waals surface area contributed by atoms with Gasteiger partial charge in [-0.1, -0.05) is 99.6 Å². The Morgan fingerprint density at radius 3 is 2.14 bits per heavy atom. The van der Waals surface area contributed by atoms with E-state index in [1.807, 2.05) is 61.5 Å². The molecule has 4 nitrogen and oxygen atoms in total. The zero-order valence-corrected chi connectivity index (χ0v) is 21.2. The van der Waals surface area contributed by atoms with Crippen LogP contribution in [-0.4, -0.2) is 15.6 Å². The maximum absolute atomic E-state index is 13.4. The lowest BCUT2D eigenvalue weighted by Crippen LogP contribution is -2.11. The molecular formula is C32H31NO3. The smallest absolute Gasteiger partial charge is 0.340 e. The number of fused-ring (bicyclic) bond motifs is 3. The molecule has 182 valence electrons. The number of phenols is 1. The predicted molar refractivity (Wildman–Crippen MR) is 146 cm³/mol. The molecule has 0 bridgehead atoms. The van der Waals surface area contributed by atoms with E-state index in [-0.39, 0.29) is 17.8 Å². The van der Waals surface area contributed by atoms with E-state index in [0.717, 1.165) is 33.1 Å². The van der Waals surface area contributed by atoms with Gasteiger partial charge in [0.25, 0.3) is 0 Å². The number of rotatable bonds is 5. The number of aromatic nitrogens is 1. The van der Waals surface area contributed by atoms with Gasteiger partial charge in [0.1, 0.15) is 12.4 Å². The van der Waals surface area contributed by atoms with E-state index in [9.17, 15) is 9.90 Å². The van der Waals surface area contributed by atoms with Gasteiger partial charge in [0.15, 0.2) is 0 Å². The summed E-state index contributed by atoms with van der Waals surface area (Å²) in [5, 5.41) is 13.2. The molecule has 1 heterocycles. The molecule has 0 atom stereocenters. The third-order valence-electron chi connectivity index (χ3n) is 6.88. The predicted octanol–water partition coefficient (Wildman–Crippen LogP) is 7.51. The molecule has 0 aliphatic heterocycles. The minimum absolute atomic E-state index is 0.0814. The topological polar surface area (TPSA) is 51.5 Å². The van der Waals surface area contributed by atoms with Gasteiger partial charge in [0.2, 0.25) is 0 Å². The molecule has 0 aliphatic carbocycles. The molecule has 36 heavy (non-hydrogen) atoms. The van der Waals surface area contributed by atoms with Gasteiger partial charge in [-0.05, 0) is 35.1 Å². The summed E-state index contributed by atoms with van der Waals surface area (Å²) in [6, 6.07) is 27.8. The molecule has 4 aromatic carbocycles. The van der Waals surface area contributed by atoms with E-state index in [1.54, 1.807) is 6.07 Å². The van der Waals surface area contributed by atoms with Crippen molar-refractivity contribution in [2.45, 2.75) is 46.3 Å². The summed E-state index contributed by atoms with van der Waals surface area (Å²) in [7, 11) is 0. The fraction of sp³-hybridized carbons (Fsp3) is 0.219. The lowest BCUT2D eigenvalue weighted by molar-refractivity contribution is 0.0474. The minimum Gasteiger partial charge on any atom is -0.507 e. The fourth-order valence-corrected chi connectivity index (χ4v) is 4.86. The molecule has 1 aromatic heterocycles. The van der Waals surface area contributed by atoms with Crippen molar-refractivity contribution < 1.29 is 14.6 Å². The first-order valence-electron chi connectivity index (χ1n) is 12.3. The van der Waals surface area contributed by atoms with E-state index in [0.29, 0.717) is 17.5 Å². The molecule has 0 amide bonds. The van der Waals surface area contributed by atoms with Crippen LogP contribution in [0.3, 0.4) is 0 Å². The van der Waals surface area contributed by atoms with Gasteiger partial charge < -0.3 is 14.4 Å². The molecule has 1 N–H and O–H groups in total. The largest absolute Gasteiger partial charge is 0.507 e. The van der Waals surface area contributed by atoms with Crippen LogP contribution in [0.5, 0.6) is 5.75 Å². The van der Waals surface area contributed by atoms with E-state index in [1.165, 1.54) is 5.56 Å².